The third kappa shape index (κ3) is 2.93. The minimum Gasteiger partial charge on any atom is -0.384 e. The Hall–Kier alpha value is -1.01. The second kappa shape index (κ2) is 4.78. The zero-order valence-corrected chi connectivity index (χ0v) is 7.43. The molecule has 1 rings (SSSR count). The summed E-state index contributed by atoms with van der Waals surface area (Å²) in [6.07, 6.45) is 0.341. The van der Waals surface area contributed by atoms with Crippen LogP contribution in [-0.2, 0) is 9.53 Å². The zero-order valence-electron chi connectivity index (χ0n) is 6.61. The van der Waals surface area contributed by atoms with E-state index >= 15 is 0 Å². The number of hydrogen-bond acceptors (Lipinski definition) is 5. The number of aromatic nitrogens is 2. The Bertz CT molecular complexity index is 237. The first-order chi connectivity index (χ1) is 5.83. The van der Waals surface area contributed by atoms with Gasteiger partial charge in [0, 0.05) is 7.11 Å². The van der Waals surface area contributed by atoms with Crippen LogP contribution in [0.1, 0.15) is 6.42 Å². The monoisotopic (exact) mass is 187 g/mol. The van der Waals surface area contributed by atoms with Gasteiger partial charge in [-0.25, -0.2) is 0 Å². The molecule has 0 bridgehead atoms. The van der Waals surface area contributed by atoms with Crippen molar-refractivity contribution in [2.75, 3.05) is 19.0 Å². The molecule has 0 aliphatic rings. The van der Waals surface area contributed by atoms with E-state index in [2.05, 4.69) is 14.9 Å². The highest BCUT2D eigenvalue weighted by atomic mass is 32.1. The van der Waals surface area contributed by atoms with Crippen molar-refractivity contribution in [3.8, 4) is 0 Å². The summed E-state index contributed by atoms with van der Waals surface area (Å²) in [7, 11) is 1.55. The number of carbonyl (C=O) groups is 1. The van der Waals surface area contributed by atoms with Crippen LogP contribution in [-0.4, -0.2) is 29.2 Å². The molecule has 1 amide bonds. The standard InChI is InChI=1S/C6H9N3O2S/c1-11-3-2-6(10)7-5-4-12-9-8-5/h4H,2-3H2,1H3,(H,7,10). The van der Waals surface area contributed by atoms with Gasteiger partial charge in [-0.1, -0.05) is 4.49 Å². The fourth-order valence-corrected chi connectivity index (χ4v) is 1.01. The lowest BCUT2D eigenvalue weighted by atomic mass is 10.4. The smallest absolute Gasteiger partial charge is 0.227 e. The van der Waals surface area contributed by atoms with Gasteiger partial charge in [0.15, 0.2) is 5.82 Å². The number of amides is 1. The van der Waals surface area contributed by atoms with E-state index in [1.807, 2.05) is 0 Å². The van der Waals surface area contributed by atoms with Crippen LogP contribution >= 0.6 is 11.5 Å². The summed E-state index contributed by atoms with van der Waals surface area (Å²) >= 11 is 1.20. The maximum atomic E-state index is 11.0. The molecule has 1 heterocycles. The third-order valence-electron chi connectivity index (χ3n) is 1.16. The Kier molecular flexibility index (Phi) is 3.62. The minimum absolute atomic E-state index is 0.107. The Balaban J connectivity index is 2.27. The summed E-state index contributed by atoms with van der Waals surface area (Å²) in [5.74, 6) is 0.394. The molecule has 0 spiro atoms. The lowest BCUT2D eigenvalue weighted by Crippen LogP contribution is -2.13. The molecule has 0 aliphatic carbocycles. The van der Waals surface area contributed by atoms with E-state index in [0.717, 1.165) is 0 Å². The molecule has 1 aromatic rings. The quantitative estimate of drug-likeness (QED) is 0.746. The number of rotatable bonds is 4. The molecular formula is C6H9N3O2S. The van der Waals surface area contributed by atoms with Gasteiger partial charge < -0.3 is 10.1 Å². The van der Waals surface area contributed by atoms with Gasteiger partial charge in [-0.3, -0.25) is 4.79 Å². The average molecular weight is 187 g/mol. The van der Waals surface area contributed by atoms with Crippen molar-refractivity contribution in [3.63, 3.8) is 0 Å². The van der Waals surface area contributed by atoms with Gasteiger partial charge in [-0.2, -0.15) is 0 Å². The first kappa shape index (κ1) is 9.08. The highest BCUT2D eigenvalue weighted by Crippen LogP contribution is 2.03. The van der Waals surface area contributed by atoms with E-state index in [4.69, 9.17) is 4.74 Å². The third-order valence-corrected chi connectivity index (χ3v) is 1.67. The molecule has 0 radical (unpaired) electrons. The Morgan fingerprint density at radius 3 is 3.25 bits per heavy atom. The molecule has 0 fully saturated rings. The van der Waals surface area contributed by atoms with Crippen LogP contribution in [0.5, 0.6) is 0 Å². The molecule has 0 aromatic carbocycles. The second-order valence-corrected chi connectivity index (χ2v) is 2.69. The lowest BCUT2D eigenvalue weighted by molar-refractivity contribution is -0.117. The number of anilines is 1. The van der Waals surface area contributed by atoms with Crippen LogP contribution in [0, 0.1) is 0 Å². The lowest BCUT2D eigenvalue weighted by Gasteiger charge is -1.98. The Labute approximate surface area is 73.9 Å². The molecule has 0 aliphatic heterocycles. The molecule has 6 heteroatoms. The first-order valence-corrected chi connectivity index (χ1v) is 4.22. The Morgan fingerprint density at radius 1 is 1.83 bits per heavy atom. The van der Waals surface area contributed by atoms with Crippen LogP contribution < -0.4 is 5.32 Å². The van der Waals surface area contributed by atoms with Crippen LogP contribution in [0.25, 0.3) is 0 Å². The maximum absolute atomic E-state index is 11.0. The number of carbonyl (C=O) groups excluding carboxylic acids is 1. The molecule has 5 nitrogen and oxygen atoms in total. The highest BCUT2D eigenvalue weighted by Gasteiger charge is 2.02. The molecule has 1 N–H and O–H groups in total. The summed E-state index contributed by atoms with van der Waals surface area (Å²) in [6.45, 7) is 0.420. The van der Waals surface area contributed by atoms with Crippen molar-refractivity contribution in [1.29, 1.82) is 0 Å². The molecule has 1 aromatic heterocycles. The van der Waals surface area contributed by atoms with Gasteiger partial charge in [0.25, 0.3) is 0 Å². The number of nitrogens with one attached hydrogen (secondary N) is 1. The number of methoxy groups -OCH3 is 1. The van der Waals surface area contributed by atoms with Crippen molar-refractivity contribution in [2.24, 2.45) is 0 Å². The van der Waals surface area contributed by atoms with E-state index in [0.29, 0.717) is 18.8 Å². The largest absolute Gasteiger partial charge is 0.384 e. The molecule has 66 valence electrons. The molecule has 0 unspecified atom stereocenters. The van der Waals surface area contributed by atoms with Crippen LogP contribution in [0.2, 0.25) is 0 Å². The summed E-state index contributed by atoms with van der Waals surface area (Å²) in [5, 5.41) is 7.91. The van der Waals surface area contributed by atoms with Crippen LogP contribution in [0.15, 0.2) is 5.38 Å². The summed E-state index contributed by atoms with van der Waals surface area (Å²) in [5.41, 5.74) is 0. The van der Waals surface area contributed by atoms with E-state index in [-0.39, 0.29) is 5.91 Å². The van der Waals surface area contributed by atoms with Gasteiger partial charge >= 0.3 is 0 Å². The molecule has 0 atom stereocenters. The van der Waals surface area contributed by atoms with E-state index in [9.17, 15) is 4.79 Å². The summed E-state index contributed by atoms with van der Waals surface area (Å²) in [4.78, 5) is 11.0. The fraction of sp³-hybridized carbons (Fsp3) is 0.500. The predicted octanol–water partition coefficient (Wildman–Crippen LogP) is 0.513. The van der Waals surface area contributed by atoms with Crippen molar-refractivity contribution in [2.45, 2.75) is 6.42 Å². The topological polar surface area (TPSA) is 64.1 Å². The molecular weight excluding hydrogens is 178 g/mol. The second-order valence-electron chi connectivity index (χ2n) is 2.08. The van der Waals surface area contributed by atoms with E-state index in [1.54, 1.807) is 12.5 Å². The number of nitrogens with zero attached hydrogens (tertiary/aromatic N) is 2. The van der Waals surface area contributed by atoms with Gasteiger partial charge in [-0.05, 0) is 11.5 Å². The SMILES string of the molecule is COCCC(=O)Nc1csnn1. The maximum Gasteiger partial charge on any atom is 0.227 e. The fourth-order valence-electron chi connectivity index (χ4n) is 0.619. The highest BCUT2D eigenvalue weighted by molar-refractivity contribution is 7.03. The van der Waals surface area contributed by atoms with Gasteiger partial charge in [0.05, 0.1) is 18.4 Å². The average Bonchev–Trinajstić information content (AvgIpc) is 2.53. The minimum atomic E-state index is -0.107. The van der Waals surface area contributed by atoms with Crippen molar-refractivity contribution in [3.05, 3.63) is 5.38 Å². The molecule has 0 saturated heterocycles. The summed E-state index contributed by atoms with van der Waals surface area (Å²) < 4.78 is 8.34. The van der Waals surface area contributed by atoms with Crippen molar-refractivity contribution >= 4 is 23.3 Å². The molecule has 0 saturated carbocycles. The van der Waals surface area contributed by atoms with Gasteiger partial charge in [0.1, 0.15) is 0 Å². The normalized spacial score (nSPS) is 9.75. The van der Waals surface area contributed by atoms with E-state index in [1.165, 1.54) is 11.5 Å². The van der Waals surface area contributed by atoms with Crippen LogP contribution in [0.3, 0.4) is 0 Å². The van der Waals surface area contributed by atoms with Crippen molar-refractivity contribution < 1.29 is 9.53 Å². The Morgan fingerprint density at radius 2 is 2.67 bits per heavy atom. The van der Waals surface area contributed by atoms with Gasteiger partial charge in [0.2, 0.25) is 5.91 Å². The number of hydrogen-bond donors (Lipinski definition) is 1. The zero-order chi connectivity index (χ0) is 8.81. The number of ether oxygens (including phenoxy) is 1. The van der Waals surface area contributed by atoms with Gasteiger partial charge in [-0.15, -0.1) is 5.10 Å². The summed E-state index contributed by atoms with van der Waals surface area (Å²) in [6, 6.07) is 0. The van der Waals surface area contributed by atoms with Crippen LogP contribution in [0.4, 0.5) is 5.82 Å². The van der Waals surface area contributed by atoms with Crippen molar-refractivity contribution in [1.82, 2.24) is 9.59 Å². The van der Waals surface area contributed by atoms with E-state index < -0.39 is 0 Å². The first-order valence-electron chi connectivity index (χ1n) is 3.39. The predicted molar refractivity (Wildman–Crippen MR) is 45.0 cm³/mol. The molecule has 12 heavy (non-hydrogen) atoms.